The lowest BCUT2D eigenvalue weighted by molar-refractivity contribution is 0.0827. The van der Waals surface area contributed by atoms with Gasteiger partial charge in [-0.15, -0.1) is 0 Å². The third-order valence-electron chi connectivity index (χ3n) is 3.67. The van der Waals surface area contributed by atoms with Crippen molar-refractivity contribution in [1.82, 2.24) is 10.2 Å². The van der Waals surface area contributed by atoms with Crippen molar-refractivity contribution in [2.24, 2.45) is 0 Å². The molecule has 128 valence electrons. The zero-order valence-electron chi connectivity index (χ0n) is 14.6. The van der Waals surface area contributed by atoms with E-state index in [1.165, 1.54) is 4.90 Å². The molecule has 24 heavy (non-hydrogen) atoms. The quantitative estimate of drug-likeness (QED) is 0.902. The van der Waals surface area contributed by atoms with Gasteiger partial charge in [-0.05, 0) is 45.0 Å². The Balaban J connectivity index is 2.03. The Kier molecular flexibility index (Phi) is 5.28. The first-order chi connectivity index (χ1) is 11.3. The lowest BCUT2D eigenvalue weighted by Crippen LogP contribution is -2.31. The maximum absolute atomic E-state index is 12.2. The Bertz CT molecular complexity index is 750. The molecule has 6 nitrogen and oxygen atoms in total. The molecule has 0 aliphatic carbocycles. The van der Waals surface area contributed by atoms with Crippen molar-refractivity contribution >= 4 is 17.6 Å². The van der Waals surface area contributed by atoms with Gasteiger partial charge in [-0.3, -0.25) is 4.79 Å². The smallest absolute Gasteiger partial charge is 0.319 e. The minimum Gasteiger partial charge on any atom is -0.466 e. The van der Waals surface area contributed by atoms with Crippen molar-refractivity contribution in [2.75, 3.05) is 19.4 Å². The molecule has 6 heteroatoms. The number of anilines is 1. The van der Waals surface area contributed by atoms with Crippen LogP contribution in [-0.4, -0.2) is 30.9 Å². The summed E-state index contributed by atoms with van der Waals surface area (Å²) in [7, 11) is 3.37. The number of hydrogen-bond donors (Lipinski definition) is 2. The lowest BCUT2D eigenvalue weighted by Gasteiger charge is -2.15. The summed E-state index contributed by atoms with van der Waals surface area (Å²) in [6.07, 6.45) is 0. The second-order valence-corrected chi connectivity index (χ2v) is 5.97. The minimum absolute atomic E-state index is 0.114. The Hall–Kier alpha value is -2.76. The van der Waals surface area contributed by atoms with Crippen LogP contribution >= 0.6 is 0 Å². The number of nitrogens with one attached hydrogen (secondary N) is 2. The largest absolute Gasteiger partial charge is 0.466 e. The van der Waals surface area contributed by atoms with Gasteiger partial charge >= 0.3 is 6.03 Å². The molecule has 0 fully saturated rings. The lowest BCUT2D eigenvalue weighted by atomic mass is 10.1. The highest BCUT2D eigenvalue weighted by Crippen LogP contribution is 2.21. The van der Waals surface area contributed by atoms with E-state index in [0.717, 1.165) is 17.1 Å². The first-order valence-electron chi connectivity index (χ1n) is 7.74. The molecule has 0 aliphatic heterocycles. The summed E-state index contributed by atoms with van der Waals surface area (Å²) in [5, 5.41) is 5.62. The Morgan fingerprint density at radius 3 is 2.46 bits per heavy atom. The second kappa shape index (κ2) is 7.21. The molecule has 0 saturated heterocycles. The zero-order valence-corrected chi connectivity index (χ0v) is 14.6. The van der Waals surface area contributed by atoms with Crippen molar-refractivity contribution in [3.8, 4) is 0 Å². The molecule has 2 N–H and O–H groups in total. The van der Waals surface area contributed by atoms with E-state index in [9.17, 15) is 9.59 Å². The number of aryl methyl sites for hydroxylation is 2. The second-order valence-electron chi connectivity index (χ2n) is 5.97. The molecule has 0 spiro atoms. The summed E-state index contributed by atoms with van der Waals surface area (Å²) in [6, 6.07) is 8.23. The van der Waals surface area contributed by atoms with E-state index < -0.39 is 0 Å². The van der Waals surface area contributed by atoms with Crippen molar-refractivity contribution in [1.29, 1.82) is 0 Å². The van der Waals surface area contributed by atoms with Gasteiger partial charge in [-0.2, -0.15) is 0 Å². The fraction of sp³-hybridized carbons (Fsp3) is 0.333. The summed E-state index contributed by atoms with van der Waals surface area (Å²) >= 11 is 0. The van der Waals surface area contributed by atoms with Crippen LogP contribution in [0, 0.1) is 13.8 Å². The first-order valence-corrected chi connectivity index (χ1v) is 7.74. The molecule has 1 aromatic heterocycles. The van der Waals surface area contributed by atoms with Gasteiger partial charge in [0.25, 0.3) is 5.91 Å². The summed E-state index contributed by atoms with van der Waals surface area (Å²) in [6.45, 7) is 5.63. The number of urea groups is 1. The molecule has 2 rings (SSSR count). The number of nitrogens with zero attached hydrogens (tertiary/aromatic N) is 1. The summed E-state index contributed by atoms with van der Waals surface area (Å²) in [5.74, 6) is 1.49. The van der Waals surface area contributed by atoms with Gasteiger partial charge in [-0.1, -0.05) is 6.07 Å². The molecular formula is C18H23N3O3. The number of amides is 3. The molecule has 1 aromatic carbocycles. The van der Waals surface area contributed by atoms with E-state index in [1.807, 2.05) is 26.8 Å². The van der Waals surface area contributed by atoms with E-state index in [-0.39, 0.29) is 18.0 Å². The molecule has 1 heterocycles. The summed E-state index contributed by atoms with van der Waals surface area (Å²) in [4.78, 5) is 25.6. The highest BCUT2D eigenvalue weighted by molar-refractivity contribution is 5.96. The van der Waals surface area contributed by atoms with Crippen molar-refractivity contribution in [3.63, 3.8) is 0 Å². The van der Waals surface area contributed by atoms with Crippen LogP contribution in [0.15, 0.2) is 34.7 Å². The third kappa shape index (κ3) is 4.16. The Morgan fingerprint density at radius 1 is 1.17 bits per heavy atom. The van der Waals surface area contributed by atoms with Gasteiger partial charge < -0.3 is 20.0 Å². The fourth-order valence-corrected chi connectivity index (χ4v) is 2.51. The highest BCUT2D eigenvalue weighted by Gasteiger charge is 2.15. The highest BCUT2D eigenvalue weighted by atomic mass is 16.3. The number of rotatable bonds is 4. The van der Waals surface area contributed by atoms with Crippen LogP contribution in [0.4, 0.5) is 10.5 Å². The predicted octanol–water partition coefficient (Wildman–Crippen LogP) is 3.48. The van der Waals surface area contributed by atoms with E-state index >= 15 is 0 Å². The summed E-state index contributed by atoms with van der Waals surface area (Å²) in [5.41, 5.74) is 2.03. The molecule has 1 atom stereocenters. The van der Waals surface area contributed by atoms with Gasteiger partial charge in [0.1, 0.15) is 11.5 Å². The van der Waals surface area contributed by atoms with Crippen LogP contribution in [0.5, 0.6) is 0 Å². The number of hydrogen-bond acceptors (Lipinski definition) is 3. The Morgan fingerprint density at radius 2 is 1.88 bits per heavy atom. The monoisotopic (exact) mass is 329 g/mol. The molecule has 3 amide bonds. The third-order valence-corrected chi connectivity index (χ3v) is 3.67. The maximum atomic E-state index is 12.2. The average Bonchev–Trinajstić information content (AvgIpc) is 2.85. The molecular weight excluding hydrogens is 306 g/mol. The molecule has 2 aromatic rings. The molecule has 0 bridgehead atoms. The normalized spacial score (nSPS) is 11.7. The standard InChI is InChI=1S/C18H23N3O3/c1-11-9-16(13(3)24-11)12(2)19-18(23)20-15-8-6-7-14(10-15)17(22)21(4)5/h6-10,12H,1-5H3,(H2,19,20,23). The number of benzene rings is 1. The van der Waals surface area contributed by atoms with Gasteiger partial charge in [-0.25, -0.2) is 4.79 Å². The number of carbonyl (C=O) groups excluding carboxylic acids is 2. The van der Waals surface area contributed by atoms with Crippen molar-refractivity contribution < 1.29 is 14.0 Å². The average molecular weight is 329 g/mol. The molecule has 0 aliphatic rings. The predicted molar refractivity (Wildman–Crippen MR) is 93.2 cm³/mol. The Labute approximate surface area is 141 Å². The zero-order chi connectivity index (χ0) is 17.9. The van der Waals surface area contributed by atoms with Crippen LogP contribution in [0.3, 0.4) is 0 Å². The minimum atomic E-state index is -0.338. The van der Waals surface area contributed by atoms with Gasteiger partial charge in [0.2, 0.25) is 0 Å². The van der Waals surface area contributed by atoms with E-state index in [1.54, 1.807) is 38.4 Å². The van der Waals surface area contributed by atoms with E-state index in [0.29, 0.717) is 11.3 Å². The van der Waals surface area contributed by atoms with Crippen molar-refractivity contribution in [2.45, 2.75) is 26.8 Å². The van der Waals surface area contributed by atoms with E-state index in [2.05, 4.69) is 10.6 Å². The molecule has 0 radical (unpaired) electrons. The van der Waals surface area contributed by atoms with Gasteiger partial charge in [0, 0.05) is 30.9 Å². The van der Waals surface area contributed by atoms with Gasteiger partial charge in [0.05, 0.1) is 6.04 Å². The topological polar surface area (TPSA) is 74.6 Å². The first kappa shape index (κ1) is 17.6. The van der Waals surface area contributed by atoms with Crippen LogP contribution in [-0.2, 0) is 0 Å². The van der Waals surface area contributed by atoms with Crippen LogP contribution < -0.4 is 10.6 Å². The van der Waals surface area contributed by atoms with Crippen LogP contribution in [0.1, 0.15) is 40.4 Å². The molecule has 0 saturated carbocycles. The number of furan rings is 1. The number of carbonyl (C=O) groups is 2. The van der Waals surface area contributed by atoms with E-state index in [4.69, 9.17) is 4.42 Å². The molecule has 1 unspecified atom stereocenters. The SMILES string of the molecule is Cc1cc(C(C)NC(=O)Nc2cccc(C(=O)N(C)C)c2)c(C)o1. The van der Waals surface area contributed by atoms with Crippen molar-refractivity contribution in [3.05, 3.63) is 53.0 Å². The van der Waals surface area contributed by atoms with Crippen LogP contribution in [0.25, 0.3) is 0 Å². The maximum Gasteiger partial charge on any atom is 0.319 e. The van der Waals surface area contributed by atoms with Crippen LogP contribution in [0.2, 0.25) is 0 Å². The fourth-order valence-electron chi connectivity index (χ4n) is 2.51. The summed E-state index contributed by atoms with van der Waals surface area (Å²) < 4.78 is 5.49. The van der Waals surface area contributed by atoms with Gasteiger partial charge in [0.15, 0.2) is 0 Å².